The van der Waals surface area contributed by atoms with Crippen molar-refractivity contribution in [2.75, 3.05) is 103 Å². The molecule has 0 spiro atoms. The zero-order valence-electron chi connectivity index (χ0n) is 59.6. The Morgan fingerprint density at radius 3 is 1.03 bits per heavy atom. The van der Waals surface area contributed by atoms with Crippen molar-refractivity contribution in [3.63, 3.8) is 0 Å². The van der Waals surface area contributed by atoms with Crippen molar-refractivity contribution in [2.45, 2.75) is 112 Å². The standard InChI is InChI=1S/C25H29F4NO6.C25H30F3NO6.C25H31F2NO6/c1-30(2)14-13-20(36-23(33)25(28,29)24(26,27)22(31)32)16-35-21-10-5-4-8-18(21)12-11-17-7-6-9-19(15-17)34-3;1-29(2)14-13-20(35-24(32)25(27,28)22(26)23(30)31)16-34-21-10-5-4-8-18(21)12-11-17-7-6-9-19(15-17)33-3;1-28(2)14-13-20(34-25(31)23(27)22(26)24(29)30)16-33-21-10-5-4-8-18(21)12-11-17-7-6-9-19(15-17)32-3/h4-10,15,20H,11-14,16H2,1-3H3,(H,31,32);4-10,15,20,22H,11-14,16H2,1-3H3,(H,30,31);4-10,15,20,22-23H,11-14,16H2,1-3H3,(H,29,30). The third-order valence-corrected chi connectivity index (χ3v) is 15.6. The summed E-state index contributed by atoms with van der Waals surface area (Å²) in [4.78, 5) is 72.8. The zero-order valence-corrected chi connectivity index (χ0v) is 59.6. The maximum absolute atomic E-state index is 13.9. The lowest BCUT2D eigenvalue weighted by atomic mass is 10.0. The Balaban J connectivity index is 0.000000333. The quantitative estimate of drug-likeness (QED) is 0.0183. The minimum Gasteiger partial charge on any atom is -0.497 e. The molecule has 0 radical (unpaired) electrons. The number of halogens is 9. The van der Waals surface area contributed by atoms with Crippen molar-refractivity contribution in [2.24, 2.45) is 0 Å². The number of carboxylic acids is 3. The Hall–Kier alpha value is -9.81. The van der Waals surface area contributed by atoms with Crippen LogP contribution in [0.3, 0.4) is 0 Å². The van der Waals surface area contributed by atoms with Crippen LogP contribution in [0.1, 0.15) is 52.6 Å². The predicted molar refractivity (Wildman–Crippen MR) is 369 cm³/mol. The Labute approximate surface area is 603 Å². The lowest BCUT2D eigenvalue weighted by molar-refractivity contribution is -0.238. The van der Waals surface area contributed by atoms with Gasteiger partial charge in [-0.25, -0.2) is 41.9 Å². The largest absolute Gasteiger partial charge is 0.497 e. The number of hydrogen-bond acceptors (Lipinski definition) is 18. The minimum absolute atomic E-state index is 0.0144. The molecule has 105 heavy (non-hydrogen) atoms. The topological polar surface area (TPSA) is 256 Å². The highest BCUT2D eigenvalue weighted by Crippen LogP contribution is 2.37. The van der Waals surface area contributed by atoms with Gasteiger partial charge in [0.1, 0.15) is 72.6 Å². The van der Waals surface area contributed by atoms with Gasteiger partial charge >= 0.3 is 53.6 Å². The summed E-state index contributed by atoms with van der Waals surface area (Å²) in [5, 5.41) is 25.5. The number of hydrogen-bond donors (Lipinski definition) is 3. The fraction of sp³-hybridized carbons (Fsp3) is 0.440. The number of ether oxygens (including phenoxy) is 9. The van der Waals surface area contributed by atoms with Crippen LogP contribution in [0.25, 0.3) is 0 Å². The first-order valence-electron chi connectivity index (χ1n) is 33.0. The van der Waals surface area contributed by atoms with E-state index in [1.807, 2.05) is 128 Å². The molecular weight excluding hydrogens is 1400 g/mol. The average Bonchev–Trinajstić information content (AvgIpc) is 0.782. The first-order valence-corrected chi connectivity index (χ1v) is 33.0. The number of alkyl halides is 9. The maximum Gasteiger partial charge on any atom is 0.415 e. The third kappa shape index (κ3) is 29.3. The molecule has 0 amide bonds. The molecule has 0 saturated carbocycles. The minimum atomic E-state index is -5.62. The monoisotopic (exact) mass is 1490 g/mol. The highest BCUT2D eigenvalue weighted by Gasteiger charge is 2.69. The SMILES string of the molecule is COc1cccc(CCc2ccccc2OCC(CCN(C)C)OC(=O)C(F)(F)C(F)(F)C(=O)O)c1.COc1cccc(CCc2ccccc2OCC(CCN(C)C)OC(=O)C(F)(F)C(F)C(=O)O)c1.COc1cccc(CCc2ccccc2OCC(CCN(C)C)OC(=O)C(F)C(F)C(=O)O)c1. The molecule has 0 bridgehead atoms. The van der Waals surface area contributed by atoms with Crippen LogP contribution in [0, 0.1) is 0 Å². The molecule has 0 aliphatic heterocycles. The fourth-order valence-electron chi connectivity index (χ4n) is 9.61. The van der Waals surface area contributed by atoms with E-state index < -0.39 is 97.0 Å². The van der Waals surface area contributed by atoms with Crippen LogP contribution in [0.4, 0.5) is 39.5 Å². The van der Waals surface area contributed by atoms with Crippen molar-refractivity contribution in [3.05, 3.63) is 179 Å². The second kappa shape index (κ2) is 43.5. The van der Waals surface area contributed by atoms with Gasteiger partial charge in [0, 0.05) is 38.9 Å². The summed E-state index contributed by atoms with van der Waals surface area (Å²) in [6, 6.07) is 44.5. The van der Waals surface area contributed by atoms with Crippen molar-refractivity contribution in [3.8, 4) is 34.5 Å². The Bertz CT molecular complexity index is 3700. The third-order valence-electron chi connectivity index (χ3n) is 15.6. The smallest absolute Gasteiger partial charge is 0.415 e. The molecule has 3 N–H and O–H groups in total. The Kier molecular flexibility index (Phi) is 36.3. The van der Waals surface area contributed by atoms with Gasteiger partial charge in [-0.2, -0.15) is 26.3 Å². The number of methoxy groups -OCH3 is 3. The summed E-state index contributed by atoms with van der Waals surface area (Å²) < 4.78 is 171. The van der Waals surface area contributed by atoms with Gasteiger partial charge in [0.25, 0.3) is 6.17 Å². The molecule has 6 aromatic carbocycles. The molecule has 0 aliphatic carbocycles. The molecule has 21 nitrogen and oxygen atoms in total. The van der Waals surface area contributed by atoms with E-state index in [1.54, 1.807) is 95.7 Å². The summed E-state index contributed by atoms with van der Waals surface area (Å²) in [6.07, 6.45) is -8.63. The molecule has 0 aromatic heterocycles. The number of carbonyl (C=O) groups is 6. The normalized spacial score (nSPS) is 13.2. The summed E-state index contributed by atoms with van der Waals surface area (Å²) in [7, 11) is 15.2. The van der Waals surface area contributed by atoms with E-state index in [2.05, 4.69) is 4.74 Å². The van der Waals surface area contributed by atoms with Gasteiger partial charge in [-0.3, -0.25) is 0 Å². The van der Waals surface area contributed by atoms with Crippen LogP contribution in [0.5, 0.6) is 34.5 Å². The number of rotatable bonds is 42. The first kappa shape index (κ1) is 87.6. The van der Waals surface area contributed by atoms with E-state index in [9.17, 15) is 68.3 Å². The lowest BCUT2D eigenvalue weighted by Gasteiger charge is -2.25. The maximum atomic E-state index is 13.9. The number of aliphatic carboxylic acids is 3. The van der Waals surface area contributed by atoms with Gasteiger partial charge in [-0.05, 0) is 169 Å². The summed E-state index contributed by atoms with van der Waals surface area (Å²) >= 11 is 0. The van der Waals surface area contributed by atoms with Gasteiger partial charge in [-0.15, -0.1) is 0 Å². The predicted octanol–water partition coefficient (Wildman–Crippen LogP) is 11.3. The lowest BCUT2D eigenvalue weighted by Crippen LogP contribution is -2.54. The van der Waals surface area contributed by atoms with Crippen LogP contribution in [0.2, 0.25) is 0 Å². The van der Waals surface area contributed by atoms with Crippen molar-refractivity contribution in [1.29, 1.82) is 0 Å². The van der Waals surface area contributed by atoms with Gasteiger partial charge in [0.05, 0.1) is 21.3 Å². The van der Waals surface area contributed by atoms with Crippen LogP contribution in [-0.4, -0.2) is 223 Å². The summed E-state index contributed by atoms with van der Waals surface area (Å²) in [5.74, 6) is -26.3. The molecule has 576 valence electrons. The number of para-hydroxylation sites is 3. The summed E-state index contributed by atoms with van der Waals surface area (Å²) in [5.41, 5.74) is 5.75. The average molecular weight is 1490 g/mol. The molecule has 30 heteroatoms. The number of aryl methyl sites for hydroxylation is 6. The van der Waals surface area contributed by atoms with Gasteiger partial charge in [-0.1, -0.05) is 91.0 Å². The van der Waals surface area contributed by atoms with Gasteiger partial charge in [0.2, 0.25) is 12.3 Å². The van der Waals surface area contributed by atoms with Crippen molar-refractivity contribution < 1.29 is 126 Å². The van der Waals surface area contributed by atoms with Crippen LogP contribution in [-0.2, 0) is 81.5 Å². The molecule has 6 rings (SSSR count). The van der Waals surface area contributed by atoms with Crippen molar-refractivity contribution in [1.82, 2.24) is 14.7 Å². The molecule has 0 heterocycles. The first-order chi connectivity index (χ1) is 49.6. The molecule has 0 saturated heterocycles. The Morgan fingerprint density at radius 2 is 0.724 bits per heavy atom. The molecule has 0 aliphatic rings. The molecular formula is C75H90F9N3O18. The molecule has 6 aromatic rings. The van der Waals surface area contributed by atoms with E-state index in [0.717, 1.165) is 51.3 Å². The van der Waals surface area contributed by atoms with E-state index in [-0.39, 0.29) is 32.6 Å². The van der Waals surface area contributed by atoms with E-state index in [1.165, 1.54) is 0 Å². The number of benzene rings is 6. The number of carboxylic acid groups (broad SMARTS) is 3. The number of carbonyl (C=O) groups excluding carboxylic acids is 3. The van der Waals surface area contributed by atoms with Crippen molar-refractivity contribution >= 4 is 35.8 Å². The number of esters is 3. The second-order valence-corrected chi connectivity index (χ2v) is 24.6. The summed E-state index contributed by atoms with van der Waals surface area (Å²) in [6.45, 7) is 0.364. The number of nitrogens with zero attached hydrogens (tertiary/aromatic N) is 3. The Morgan fingerprint density at radius 1 is 0.400 bits per heavy atom. The highest BCUT2D eigenvalue weighted by atomic mass is 19.3. The van der Waals surface area contributed by atoms with Gasteiger partial charge in [0.15, 0.2) is 0 Å². The molecule has 6 atom stereocenters. The van der Waals surface area contributed by atoms with Crippen LogP contribution in [0.15, 0.2) is 146 Å². The van der Waals surface area contributed by atoms with Crippen LogP contribution >= 0.6 is 0 Å². The molecule has 0 fully saturated rings. The van der Waals surface area contributed by atoms with Gasteiger partial charge < -0.3 is 72.7 Å². The fourth-order valence-corrected chi connectivity index (χ4v) is 9.61. The zero-order chi connectivity index (χ0) is 78.0. The second-order valence-electron chi connectivity index (χ2n) is 24.6. The van der Waals surface area contributed by atoms with Crippen LogP contribution < -0.4 is 28.4 Å². The molecule has 6 unspecified atom stereocenters. The van der Waals surface area contributed by atoms with E-state index >= 15 is 0 Å². The highest BCUT2D eigenvalue weighted by molar-refractivity contribution is 5.89. The van der Waals surface area contributed by atoms with E-state index in [4.69, 9.17) is 53.2 Å². The van der Waals surface area contributed by atoms with E-state index in [0.29, 0.717) is 74.6 Å².